The highest BCUT2D eigenvalue weighted by molar-refractivity contribution is 6.30. The lowest BCUT2D eigenvalue weighted by Gasteiger charge is -2.40. The average Bonchev–Trinajstić information content (AvgIpc) is 2.88. The predicted molar refractivity (Wildman–Crippen MR) is 146 cm³/mol. The Balaban J connectivity index is 0.00000167. The number of likely N-dealkylation sites (tertiary alicyclic amines) is 2. The first-order valence-electron chi connectivity index (χ1n) is 12.9. The van der Waals surface area contributed by atoms with Crippen molar-refractivity contribution < 1.29 is 4.79 Å². The van der Waals surface area contributed by atoms with E-state index in [4.69, 9.17) is 17.3 Å². The number of carbonyl (C=O) groups excluding carboxylic acids is 1. The third-order valence-corrected chi connectivity index (χ3v) is 7.15. The standard InChI is InChI=1S/C26H34ClN5O.C2H6/c1-2-24(20-8-13-31(14-9-20)18-19-7-12-29-25(28)17-19)32-15-10-21(11-16-32)26(33)30-23-5-3-22(27)4-6-23;1-2/h2-7,12,17,20-21H,8-11,13-16,18H2,1H3,(H2,28,29)(H,30,33);1-2H3/b24-2-;. The lowest BCUT2D eigenvalue weighted by Crippen LogP contribution is -2.41. The molecule has 0 spiro atoms. The van der Waals surface area contributed by atoms with Gasteiger partial charge in [0, 0.05) is 54.1 Å². The third-order valence-electron chi connectivity index (χ3n) is 6.90. The van der Waals surface area contributed by atoms with E-state index in [1.165, 1.54) is 11.3 Å². The number of piperidine rings is 2. The van der Waals surface area contributed by atoms with Crippen LogP contribution in [0.4, 0.5) is 11.5 Å². The van der Waals surface area contributed by atoms with Gasteiger partial charge in [-0.1, -0.05) is 31.5 Å². The number of aromatic nitrogens is 1. The van der Waals surface area contributed by atoms with Gasteiger partial charge in [0.05, 0.1) is 0 Å². The van der Waals surface area contributed by atoms with Gasteiger partial charge in [0.25, 0.3) is 0 Å². The van der Waals surface area contributed by atoms with Gasteiger partial charge in [0.15, 0.2) is 0 Å². The lowest BCUT2D eigenvalue weighted by atomic mass is 9.89. The third kappa shape index (κ3) is 7.71. The maximum atomic E-state index is 12.7. The van der Waals surface area contributed by atoms with Crippen LogP contribution in [-0.4, -0.2) is 46.9 Å². The van der Waals surface area contributed by atoms with E-state index in [9.17, 15) is 4.79 Å². The first kappa shape index (κ1) is 27.0. The normalized spacial score (nSPS) is 18.1. The van der Waals surface area contributed by atoms with Crippen LogP contribution in [0.2, 0.25) is 5.02 Å². The molecule has 6 nitrogen and oxygen atoms in total. The molecule has 0 saturated carbocycles. The fourth-order valence-corrected chi connectivity index (χ4v) is 5.22. The molecular weight excluding hydrogens is 458 g/mol. The van der Waals surface area contributed by atoms with Gasteiger partial charge in [-0.05, 0) is 87.7 Å². The van der Waals surface area contributed by atoms with E-state index in [1.807, 2.05) is 38.1 Å². The highest BCUT2D eigenvalue weighted by Gasteiger charge is 2.30. The number of allylic oxidation sites excluding steroid dienone is 2. The summed E-state index contributed by atoms with van der Waals surface area (Å²) in [5.74, 6) is 1.35. The molecule has 1 amide bonds. The molecule has 0 aliphatic carbocycles. The SMILES string of the molecule is C/C=C(/C1CCN(Cc2ccnc(N)c2)CC1)N1CCC(C(=O)Nc2ccc(Cl)cc2)CC1.CC. The minimum atomic E-state index is 0.0599. The molecule has 4 rings (SSSR count). The quantitative estimate of drug-likeness (QED) is 0.526. The first-order valence-corrected chi connectivity index (χ1v) is 13.3. The second-order valence-electron chi connectivity index (χ2n) is 9.11. The molecule has 2 aromatic rings. The van der Waals surface area contributed by atoms with Crippen molar-refractivity contribution in [1.29, 1.82) is 0 Å². The van der Waals surface area contributed by atoms with Crippen LogP contribution < -0.4 is 11.1 Å². The molecule has 7 heteroatoms. The molecular formula is C28H40ClN5O. The van der Waals surface area contributed by atoms with E-state index >= 15 is 0 Å². The maximum absolute atomic E-state index is 12.7. The lowest BCUT2D eigenvalue weighted by molar-refractivity contribution is -0.121. The molecule has 0 bridgehead atoms. The van der Waals surface area contributed by atoms with Crippen LogP contribution in [-0.2, 0) is 11.3 Å². The molecule has 0 atom stereocenters. The first-order chi connectivity index (χ1) is 17.0. The van der Waals surface area contributed by atoms with Gasteiger partial charge in [-0.3, -0.25) is 9.69 Å². The summed E-state index contributed by atoms with van der Waals surface area (Å²) in [7, 11) is 0. The van der Waals surface area contributed by atoms with Gasteiger partial charge >= 0.3 is 0 Å². The van der Waals surface area contributed by atoms with Gasteiger partial charge < -0.3 is 16.0 Å². The van der Waals surface area contributed by atoms with E-state index in [2.05, 4.69) is 33.1 Å². The Morgan fingerprint density at radius 1 is 1.06 bits per heavy atom. The van der Waals surface area contributed by atoms with Crippen molar-refractivity contribution in [1.82, 2.24) is 14.8 Å². The van der Waals surface area contributed by atoms with Crippen LogP contribution in [0.25, 0.3) is 0 Å². The van der Waals surface area contributed by atoms with Crippen molar-refractivity contribution >= 4 is 29.0 Å². The molecule has 2 saturated heterocycles. The molecule has 35 heavy (non-hydrogen) atoms. The number of nitrogens with one attached hydrogen (secondary N) is 1. The van der Waals surface area contributed by atoms with E-state index in [0.29, 0.717) is 16.8 Å². The number of nitrogens with two attached hydrogens (primary N) is 1. The minimum Gasteiger partial charge on any atom is -0.384 e. The monoisotopic (exact) mass is 497 g/mol. The summed E-state index contributed by atoms with van der Waals surface area (Å²) in [4.78, 5) is 21.8. The van der Waals surface area contributed by atoms with Gasteiger partial charge in [0.2, 0.25) is 5.91 Å². The Labute approximate surface area is 215 Å². The van der Waals surface area contributed by atoms with Gasteiger partial charge in [-0.15, -0.1) is 0 Å². The van der Waals surface area contributed by atoms with Crippen molar-refractivity contribution in [2.75, 3.05) is 37.2 Å². The Morgan fingerprint density at radius 3 is 2.29 bits per heavy atom. The van der Waals surface area contributed by atoms with E-state index in [1.54, 1.807) is 18.3 Å². The van der Waals surface area contributed by atoms with Crippen molar-refractivity contribution in [3.63, 3.8) is 0 Å². The van der Waals surface area contributed by atoms with Gasteiger partial charge in [0.1, 0.15) is 5.82 Å². The summed E-state index contributed by atoms with van der Waals surface area (Å²) < 4.78 is 0. The number of rotatable bonds is 6. The van der Waals surface area contributed by atoms with Crippen LogP contribution in [0.1, 0.15) is 52.0 Å². The summed E-state index contributed by atoms with van der Waals surface area (Å²) in [5.41, 5.74) is 9.32. The fourth-order valence-electron chi connectivity index (χ4n) is 5.09. The number of hydrogen-bond acceptors (Lipinski definition) is 5. The zero-order valence-electron chi connectivity index (χ0n) is 21.3. The zero-order chi connectivity index (χ0) is 25.2. The number of nitrogens with zero attached hydrogens (tertiary/aromatic N) is 3. The smallest absolute Gasteiger partial charge is 0.227 e. The number of anilines is 2. The van der Waals surface area contributed by atoms with Crippen LogP contribution in [0.15, 0.2) is 54.4 Å². The number of halogens is 1. The number of benzene rings is 1. The molecule has 2 aliphatic rings. The molecule has 3 N–H and O–H groups in total. The molecule has 1 aromatic heterocycles. The fraction of sp³-hybridized carbons (Fsp3) is 0.500. The van der Waals surface area contributed by atoms with Crippen molar-refractivity contribution in [2.45, 2.75) is 53.0 Å². The highest BCUT2D eigenvalue weighted by Crippen LogP contribution is 2.31. The van der Waals surface area contributed by atoms with E-state index in [-0.39, 0.29) is 11.8 Å². The Hall–Kier alpha value is -2.57. The van der Waals surface area contributed by atoms with E-state index in [0.717, 1.165) is 64.1 Å². The van der Waals surface area contributed by atoms with Crippen molar-refractivity contribution in [3.05, 3.63) is 65.0 Å². The molecule has 190 valence electrons. The molecule has 3 heterocycles. The van der Waals surface area contributed by atoms with Gasteiger partial charge in [-0.25, -0.2) is 4.98 Å². The second-order valence-corrected chi connectivity index (χ2v) is 9.55. The van der Waals surface area contributed by atoms with Crippen LogP contribution in [0.5, 0.6) is 0 Å². The Morgan fingerprint density at radius 2 is 1.69 bits per heavy atom. The van der Waals surface area contributed by atoms with Crippen molar-refractivity contribution in [3.8, 4) is 0 Å². The summed E-state index contributed by atoms with van der Waals surface area (Å²) >= 11 is 5.94. The number of amides is 1. The Kier molecular flexibility index (Phi) is 10.4. The number of carbonyl (C=O) groups is 1. The van der Waals surface area contributed by atoms with E-state index < -0.39 is 0 Å². The molecule has 0 unspecified atom stereocenters. The van der Waals surface area contributed by atoms with Gasteiger partial charge in [-0.2, -0.15) is 0 Å². The predicted octanol–water partition coefficient (Wildman–Crippen LogP) is 5.81. The molecule has 2 aliphatic heterocycles. The maximum Gasteiger partial charge on any atom is 0.227 e. The zero-order valence-corrected chi connectivity index (χ0v) is 22.1. The molecule has 0 radical (unpaired) electrons. The topological polar surface area (TPSA) is 74.5 Å². The summed E-state index contributed by atoms with van der Waals surface area (Å²) in [5, 5.41) is 3.71. The summed E-state index contributed by atoms with van der Waals surface area (Å²) in [6.45, 7) is 11.1. The van der Waals surface area contributed by atoms with Crippen molar-refractivity contribution in [2.24, 2.45) is 11.8 Å². The number of pyridine rings is 1. The largest absolute Gasteiger partial charge is 0.384 e. The summed E-state index contributed by atoms with van der Waals surface area (Å²) in [6, 6.07) is 11.3. The molecule has 1 aromatic carbocycles. The average molecular weight is 498 g/mol. The summed E-state index contributed by atoms with van der Waals surface area (Å²) in [6.07, 6.45) is 8.18. The Bertz CT molecular complexity index is 962. The number of hydrogen-bond donors (Lipinski definition) is 2. The second kappa shape index (κ2) is 13.5. The molecule has 2 fully saturated rings. The number of nitrogen functional groups attached to an aromatic ring is 1. The van der Waals surface area contributed by atoms with Crippen LogP contribution in [0.3, 0.4) is 0 Å². The van der Waals surface area contributed by atoms with Crippen LogP contribution >= 0.6 is 11.6 Å². The van der Waals surface area contributed by atoms with Crippen LogP contribution in [0, 0.1) is 11.8 Å². The minimum absolute atomic E-state index is 0.0599. The highest BCUT2D eigenvalue weighted by atomic mass is 35.5.